The van der Waals surface area contributed by atoms with Gasteiger partial charge in [0.1, 0.15) is 0 Å². The molecule has 0 saturated carbocycles. The number of hydrazone groups is 1. The number of amides is 1. The SMILES string of the molecule is CN(C)c1ccc(C2=CC(=O)[C@]3(C(=O)N(c4ccccc4)N=C3c3ccccc3)C(c3ccccc3)=C2)cc1. The minimum atomic E-state index is -1.62. The van der Waals surface area contributed by atoms with Crippen molar-refractivity contribution < 1.29 is 9.59 Å². The molecule has 5 nitrogen and oxygen atoms in total. The van der Waals surface area contributed by atoms with E-state index < -0.39 is 5.41 Å². The lowest BCUT2D eigenvalue weighted by molar-refractivity contribution is -0.129. The maximum atomic E-state index is 14.5. The topological polar surface area (TPSA) is 53.0 Å². The van der Waals surface area contributed by atoms with E-state index in [0.717, 1.165) is 28.0 Å². The fourth-order valence-corrected chi connectivity index (χ4v) is 5.28. The van der Waals surface area contributed by atoms with E-state index in [9.17, 15) is 9.59 Å². The molecule has 1 heterocycles. The van der Waals surface area contributed by atoms with E-state index in [1.807, 2.05) is 140 Å². The van der Waals surface area contributed by atoms with Crippen molar-refractivity contribution in [3.8, 4) is 0 Å². The number of carbonyl (C=O) groups is 2. The first-order valence-corrected chi connectivity index (χ1v) is 12.9. The summed E-state index contributed by atoms with van der Waals surface area (Å²) < 4.78 is 0. The summed E-state index contributed by atoms with van der Waals surface area (Å²) in [6, 6.07) is 36.5. The van der Waals surface area contributed by atoms with Crippen LogP contribution in [0, 0.1) is 5.41 Å². The molecule has 4 aromatic rings. The number of allylic oxidation sites excluding steroid dienone is 3. The molecule has 0 radical (unpaired) electrons. The predicted molar refractivity (Wildman–Crippen MR) is 158 cm³/mol. The Bertz CT molecular complexity index is 1640. The van der Waals surface area contributed by atoms with Gasteiger partial charge in [-0.15, -0.1) is 0 Å². The fourth-order valence-electron chi connectivity index (χ4n) is 5.28. The number of ketones is 1. The van der Waals surface area contributed by atoms with Gasteiger partial charge in [0.2, 0.25) is 0 Å². The molecule has 1 aliphatic carbocycles. The fraction of sp³-hybridized carbons (Fsp3) is 0.0882. The maximum absolute atomic E-state index is 14.5. The zero-order chi connectivity index (χ0) is 27.0. The van der Waals surface area contributed by atoms with E-state index in [0.29, 0.717) is 17.0 Å². The van der Waals surface area contributed by atoms with Gasteiger partial charge in [0.25, 0.3) is 5.91 Å². The van der Waals surface area contributed by atoms with Crippen molar-refractivity contribution in [2.24, 2.45) is 10.5 Å². The highest BCUT2D eigenvalue weighted by Crippen LogP contribution is 2.50. The molecule has 2 aliphatic rings. The largest absolute Gasteiger partial charge is 0.378 e. The van der Waals surface area contributed by atoms with Gasteiger partial charge in [-0.3, -0.25) is 9.59 Å². The Morgan fingerprint density at radius 2 is 1.21 bits per heavy atom. The molecular weight excluding hydrogens is 482 g/mol. The third kappa shape index (κ3) is 3.99. The highest BCUT2D eigenvalue weighted by atomic mass is 16.2. The molecule has 5 heteroatoms. The van der Waals surface area contributed by atoms with Crippen molar-refractivity contribution in [3.05, 3.63) is 144 Å². The van der Waals surface area contributed by atoms with Crippen molar-refractivity contribution in [1.29, 1.82) is 0 Å². The van der Waals surface area contributed by atoms with Crippen LogP contribution < -0.4 is 9.91 Å². The summed E-state index contributed by atoms with van der Waals surface area (Å²) in [6.07, 6.45) is 3.58. The van der Waals surface area contributed by atoms with Crippen LogP contribution in [0.1, 0.15) is 16.7 Å². The molecule has 1 amide bonds. The lowest BCUT2D eigenvalue weighted by atomic mass is 9.65. The predicted octanol–water partition coefficient (Wildman–Crippen LogP) is 6.24. The molecule has 0 N–H and O–H groups in total. The lowest BCUT2D eigenvalue weighted by Crippen LogP contribution is -2.48. The van der Waals surface area contributed by atoms with Crippen LogP contribution in [0.5, 0.6) is 0 Å². The van der Waals surface area contributed by atoms with Gasteiger partial charge in [0.05, 0.1) is 11.4 Å². The van der Waals surface area contributed by atoms with Crippen LogP contribution in [-0.2, 0) is 9.59 Å². The standard InChI is InChI=1S/C34H27N3O2/c1-36(2)28-20-18-24(19-21-28)27-22-30(25-12-6-3-7-13-25)34(31(38)23-27)32(26-14-8-4-9-15-26)35-37(33(34)39)29-16-10-5-11-17-29/h3-23H,1-2H3/t34-/m1/s1. The van der Waals surface area contributed by atoms with Crippen molar-refractivity contribution in [1.82, 2.24) is 0 Å². The molecule has 1 aliphatic heterocycles. The van der Waals surface area contributed by atoms with Crippen LogP contribution in [-0.4, -0.2) is 31.5 Å². The molecule has 1 atom stereocenters. The Labute approximate surface area is 228 Å². The van der Waals surface area contributed by atoms with E-state index in [1.165, 1.54) is 5.01 Å². The van der Waals surface area contributed by atoms with Crippen LogP contribution >= 0.6 is 0 Å². The number of hydrogen-bond donors (Lipinski definition) is 0. The molecule has 0 fully saturated rings. The second-order valence-corrected chi connectivity index (χ2v) is 9.85. The van der Waals surface area contributed by atoms with Gasteiger partial charge in [-0.25, -0.2) is 0 Å². The Morgan fingerprint density at radius 3 is 1.79 bits per heavy atom. The third-order valence-corrected chi connectivity index (χ3v) is 7.28. The van der Waals surface area contributed by atoms with Crippen molar-refractivity contribution in [2.75, 3.05) is 24.0 Å². The highest BCUT2D eigenvalue weighted by molar-refractivity contribution is 6.45. The first kappa shape index (κ1) is 24.3. The van der Waals surface area contributed by atoms with E-state index in [4.69, 9.17) is 5.10 Å². The van der Waals surface area contributed by atoms with Gasteiger partial charge < -0.3 is 4.90 Å². The van der Waals surface area contributed by atoms with Gasteiger partial charge in [-0.1, -0.05) is 91.0 Å². The highest BCUT2D eigenvalue weighted by Gasteiger charge is 2.60. The van der Waals surface area contributed by atoms with Crippen LogP contribution in [0.3, 0.4) is 0 Å². The Kier molecular flexibility index (Phi) is 6.04. The molecule has 6 rings (SSSR count). The second kappa shape index (κ2) is 9.69. The quantitative estimate of drug-likeness (QED) is 0.299. The van der Waals surface area contributed by atoms with Crippen LogP contribution in [0.15, 0.2) is 133 Å². The number of anilines is 2. The number of para-hydroxylation sites is 1. The average Bonchev–Trinajstić information content (AvgIpc) is 3.29. The minimum absolute atomic E-state index is 0.304. The minimum Gasteiger partial charge on any atom is -0.378 e. The normalized spacial score (nSPS) is 18.6. The van der Waals surface area contributed by atoms with Gasteiger partial charge in [0.15, 0.2) is 11.2 Å². The van der Waals surface area contributed by atoms with Gasteiger partial charge >= 0.3 is 0 Å². The molecule has 4 aromatic carbocycles. The van der Waals surface area contributed by atoms with Crippen molar-refractivity contribution >= 4 is 39.9 Å². The Morgan fingerprint density at radius 1 is 0.641 bits per heavy atom. The van der Waals surface area contributed by atoms with Crippen LogP contribution in [0.4, 0.5) is 11.4 Å². The first-order valence-electron chi connectivity index (χ1n) is 12.9. The van der Waals surface area contributed by atoms with E-state index in [2.05, 4.69) is 0 Å². The Balaban J connectivity index is 1.58. The molecule has 190 valence electrons. The van der Waals surface area contributed by atoms with Crippen LogP contribution in [0.25, 0.3) is 11.1 Å². The number of carbonyl (C=O) groups excluding carboxylic acids is 2. The summed E-state index contributed by atoms with van der Waals surface area (Å²) >= 11 is 0. The van der Waals surface area contributed by atoms with Gasteiger partial charge in [0, 0.05) is 19.8 Å². The molecule has 1 spiro atoms. The second-order valence-electron chi connectivity index (χ2n) is 9.85. The van der Waals surface area contributed by atoms with Crippen LogP contribution in [0.2, 0.25) is 0 Å². The summed E-state index contributed by atoms with van der Waals surface area (Å²) in [5.74, 6) is -0.688. The third-order valence-electron chi connectivity index (χ3n) is 7.28. The lowest BCUT2D eigenvalue weighted by Gasteiger charge is -2.33. The smallest absolute Gasteiger partial charge is 0.272 e. The van der Waals surface area contributed by atoms with E-state index in [-0.39, 0.29) is 11.7 Å². The number of rotatable bonds is 5. The molecule has 0 saturated heterocycles. The molecule has 0 aromatic heterocycles. The molecule has 39 heavy (non-hydrogen) atoms. The number of nitrogens with zero attached hydrogens (tertiary/aromatic N) is 3. The maximum Gasteiger partial charge on any atom is 0.272 e. The Hall–Kier alpha value is -5.03. The van der Waals surface area contributed by atoms with Gasteiger partial charge in [-0.2, -0.15) is 10.1 Å². The van der Waals surface area contributed by atoms with E-state index in [1.54, 1.807) is 6.08 Å². The zero-order valence-electron chi connectivity index (χ0n) is 21.8. The summed E-state index contributed by atoms with van der Waals surface area (Å²) in [7, 11) is 3.98. The van der Waals surface area contributed by atoms with Gasteiger partial charge in [-0.05, 0) is 64.3 Å². The van der Waals surface area contributed by atoms with E-state index >= 15 is 0 Å². The number of benzene rings is 4. The van der Waals surface area contributed by atoms with Crippen molar-refractivity contribution in [3.63, 3.8) is 0 Å². The monoisotopic (exact) mass is 509 g/mol. The summed E-state index contributed by atoms with van der Waals surface area (Å²) in [4.78, 5) is 31.0. The molecule has 0 bridgehead atoms. The first-order chi connectivity index (χ1) is 19.0. The molecular formula is C34H27N3O2. The number of hydrogen-bond acceptors (Lipinski definition) is 4. The molecule has 0 unspecified atom stereocenters. The summed E-state index contributed by atoms with van der Waals surface area (Å²) in [5.41, 5.74) is 4.29. The summed E-state index contributed by atoms with van der Waals surface area (Å²) in [6.45, 7) is 0. The zero-order valence-corrected chi connectivity index (χ0v) is 21.8. The summed E-state index contributed by atoms with van der Waals surface area (Å²) in [5, 5.41) is 6.22. The van der Waals surface area contributed by atoms with Crippen molar-refractivity contribution in [2.45, 2.75) is 0 Å². The average molecular weight is 510 g/mol.